The first kappa shape index (κ1) is 10.5. The summed E-state index contributed by atoms with van der Waals surface area (Å²) < 4.78 is 5.64. The zero-order valence-corrected chi connectivity index (χ0v) is 9.71. The number of benzene rings is 2. The lowest BCUT2D eigenvalue weighted by Crippen LogP contribution is -1.83. The molecule has 0 amide bonds. The molecule has 76 valence electrons. The summed E-state index contributed by atoms with van der Waals surface area (Å²) in [5.41, 5.74) is 0. The van der Waals surface area contributed by atoms with E-state index in [1.807, 2.05) is 48.5 Å². The van der Waals surface area contributed by atoms with Gasteiger partial charge in [-0.05, 0) is 36.4 Å². The second-order valence-electron chi connectivity index (χ2n) is 3.10. The van der Waals surface area contributed by atoms with Crippen LogP contribution in [0.2, 0.25) is 0 Å². The quantitative estimate of drug-likeness (QED) is 0.745. The normalized spacial score (nSPS) is 10.0. The van der Waals surface area contributed by atoms with Gasteiger partial charge in [-0.1, -0.05) is 12.1 Å². The second-order valence-corrected chi connectivity index (χ2v) is 4.13. The van der Waals surface area contributed by atoms with E-state index in [0.717, 1.165) is 21.3 Å². The van der Waals surface area contributed by atoms with Crippen molar-refractivity contribution < 1.29 is 4.74 Å². The van der Waals surface area contributed by atoms with Gasteiger partial charge in [-0.2, -0.15) is 0 Å². The number of ether oxygens (including phenoxy) is 1. The molecule has 0 aliphatic heterocycles. The Bertz CT molecular complexity index is 425. The zero-order chi connectivity index (χ0) is 10.7. The molecule has 0 saturated carbocycles. The van der Waals surface area contributed by atoms with E-state index in [-0.39, 0.29) is 0 Å². The minimum atomic E-state index is 0.779. The molecule has 0 heterocycles. The van der Waals surface area contributed by atoms with Crippen molar-refractivity contribution >= 4 is 25.3 Å². The third-order valence-electron chi connectivity index (χ3n) is 1.87. The zero-order valence-electron chi connectivity index (χ0n) is 7.92. The van der Waals surface area contributed by atoms with Gasteiger partial charge in [0.05, 0.1) is 0 Å². The van der Waals surface area contributed by atoms with Gasteiger partial charge in [0.15, 0.2) is 0 Å². The molecule has 0 atom stereocenters. The summed E-state index contributed by atoms with van der Waals surface area (Å²) >= 11 is 8.49. The first-order valence-electron chi connectivity index (χ1n) is 4.50. The maximum Gasteiger partial charge on any atom is 0.128 e. The topological polar surface area (TPSA) is 9.23 Å². The summed E-state index contributed by atoms with van der Waals surface area (Å²) in [6, 6.07) is 15.2. The van der Waals surface area contributed by atoms with E-state index in [9.17, 15) is 0 Å². The molecule has 0 saturated heterocycles. The minimum absolute atomic E-state index is 0.779. The van der Waals surface area contributed by atoms with E-state index in [2.05, 4.69) is 25.3 Å². The Morgan fingerprint density at radius 1 is 0.733 bits per heavy atom. The summed E-state index contributed by atoms with van der Waals surface area (Å²) in [6.45, 7) is 0. The van der Waals surface area contributed by atoms with Crippen LogP contribution in [0.5, 0.6) is 11.5 Å². The summed E-state index contributed by atoms with van der Waals surface area (Å²) in [5, 5.41) is 0. The predicted octanol–water partition coefficient (Wildman–Crippen LogP) is 4.06. The maximum atomic E-state index is 5.64. The molecule has 2 rings (SSSR count). The van der Waals surface area contributed by atoms with Gasteiger partial charge in [-0.25, -0.2) is 0 Å². The molecule has 3 heteroatoms. The Kier molecular flexibility index (Phi) is 3.23. The van der Waals surface area contributed by atoms with Gasteiger partial charge in [0.1, 0.15) is 11.5 Å². The molecule has 0 radical (unpaired) electrons. The highest BCUT2D eigenvalue weighted by Crippen LogP contribution is 2.24. The Balaban J connectivity index is 2.22. The highest BCUT2D eigenvalue weighted by atomic mass is 32.1. The van der Waals surface area contributed by atoms with E-state index >= 15 is 0 Å². The molecule has 0 aliphatic rings. The SMILES string of the molecule is Sc1cccc(Oc2cccc(S)c2)c1. The molecule has 0 aromatic heterocycles. The van der Waals surface area contributed by atoms with Crippen molar-refractivity contribution in [2.75, 3.05) is 0 Å². The largest absolute Gasteiger partial charge is 0.457 e. The van der Waals surface area contributed by atoms with Crippen molar-refractivity contribution in [3.8, 4) is 11.5 Å². The van der Waals surface area contributed by atoms with Gasteiger partial charge in [0.25, 0.3) is 0 Å². The second kappa shape index (κ2) is 4.64. The van der Waals surface area contributed by atoms with Crippen molar-refractivity contribution in [1.29, 1.82) is 0 Å². The fraction of sp³-hybridized carbons (Fsp3) is 0. The van der Waals surface area contributed by atoms with Crippen LogP contribution in [0.1, 0.15) is 0 Å². The number of hydrogen-bond donors (Lipinski definition) is 2. The highest BCUT2D eigenvalue weighted by molar-refractivity contribution is 7.80. The lowest BCUT2D eigenvalue weighted by atomic mass is 10.3. The van der Waals surface area contributed by atoms with Crippen molar-refractivity contribution in [2.24, 2.45) is 0 Å². The Morgan fingerprint density at radius 3 is 1.60 bits per heavy atom. The van der Waals surface area contributed by atoms with Gasteiger partial charge in [-0.15, -0.1) is 25.3 Å². The summed E-state index contributed by atoms with van der Waals surface area (Å²) in [4.78, 5) is 1.77. The van der Waals surface area contributed by atoms with Crippen molar-refractivity contribution in [3.63, 3.8) is 0 Å². The molecule has 0 N–H and O–H groups in total. The summed E-state index contributed by atoms with van der Waals surface area (Å²) in [5.74, 6) is 1.56. The first-order valence-corrected chi connectivity index (χ1v) is 5.39. The van der Waals surface area contributed by atoms with Crippen LogP contribution in [0.15, 0.2) is 58.3 Å². The molecule has 2 aromatic carbocycles. The fourth-order valence-electron chi connectivity index (χ4n) is 1.23. The van der Waals surface area contributed by atoms with Gasteiger partial charge in [0.2, 0.25) is 0 Å². The van der Waals surface area contributed by atoms with Crippen molar-refractivity contribution in [2.45, 2.75) is 9.79 Å². The first-order chi connectivity index (χ1) is 7.24. The lowest BCUT2D eigenvalue weighted by Gasteiger charge is -2.06. The van der Waals surface area contributed by atoms with Crippen LogP contribution in [-0.4, -0.2) is 0 Å². The third-order valence-corrected chi connectivity index (χ3v) is 2.43. The molecular formula is C12H10OS2. The maximum absolute atomic E-state index is 5.64. The van der Waals surface area contributed by atoms with Crippen molar-refractivity contribution in [1.82, 2.24) is 0 Å². The molecule has 0 aliphatic carbocycles. The van der Waals surface area contributed by atoms with E-state index in [4.69, 9.17) is 4.74 Å². The van der Waals surface area contributed by atoms with E-state index < -0.39 is 0 Å². The molecule has 0 spiro atoms. The van der Waals surface area contributed by atoms with E-state index in [1.54, 1.807) is 0 Å². The van der Waals surface area contributed by atoms with Crippen LogP contribution < -0.4 is 4.74 Å². The number of hydrogen-bond acceptors (Lipinski definition) is 3. The van der Waals surface area contributed by atoms with E-state index in [1.165, 1.54) is 0 Å². The molecule has 15 heavy (non-hydrogen) atoms. The summed E-state index contributed by atoms with van der Waals surface area (Å²) in [6.07, 6.45) is 0. The van der Waals surface area contributed by atoms with Crippen LogP contribution in [-0.2, 0) is 0 Å². The molecule has 0 unspecified atom stereocenters. The van der Waals surface area contributed by atoms with E-state index in [0.29, 0.717) is 0 Å². The minimum Gasteiger partial charge on any atom is -0.457 e. The van der Waals surface area contributed by atoms with Gasteiger partial charge < -0.3 is 4.74 Å². The average Bonchev–Trinajstić information content (AvgIpc) is 2.17. The fourth-order valence-corrected chi connectivity index (χ4v) is 1.66. The Labute approximate surface area is 99.9 Å². The molecule has 2 aromatic rings. The number of rotatable bonds is 2. The predicted molar refractivity (Wildman–Crippen MR) is 67.5 cm³/mol. The number of thiol groups is 2. The van der Waals surface area contributed by atoms with Crippen molar-refractivity contribution in [3.05, 3.63) is 48.5 Å². The Hall–Kier alpha value is -1.06. The van der Waals surface area contributed by atoms with Gasteiger partial charge >= 0.3 is 0 Å². The molecule has 0 fully saturated rings. The van der Waals surface area contributed by atoms with Crippen LogP contribution in [0, 0.1) is 0 Å². The van der Waals surface area contributed by atoms with Crippen LogP contribution >= 0.6 is 25.3 Å². The van der Waals surface area contributed by atoms with Crippen LogP contribution in [0.25, 0.3) is 0 Å². The molecule has 0 bridgehead atoms. The Morgan fingerprint density at radius 2 is 1.20 bits per heavy atom. The molecule has 1 nitrogen and oxygen atoms in total. The van der Waals surface area contributed by atoms with Crippen LogP contribution in [0.3, 0.4) is 0 Å². The average molecular weight is 234 g/mol. The third kappa shape index (κ3) is 2.94. The molecular weight excluding hydrogens is 224 g/mol. The lowest BCUT2D eigenvalue weighted by molar-refractivity contribution is 0.480. The summed E-state index contributed by atoms with van der Waals surface area (Å²) in [7, 11) is 0. The standard InChI is InChI=1S/C12H10OS2/c14-11-5-1-3-9(7-11)13-10-4-2-6-12(15)8-10/h1-8,14-15H. The van der Waals surface area contributed by atoms with Gasteiger partial charge in [0, 0.05) is 9.79 Å². The van der Waals surface area contributed by atoms with Gasteiger partial charge in [-0.3, -0.25) is 0 Å². The smallest absolute Gasteiger partial charge is 0.128 e. The van der Waals surface area contributed by atoms with Crippen LogP contribution in [0.4, 0.5) is 0 Å². The highest BCUT2D eigenvalue weighted by Gasteiger charge is 1.97. The monoisotopic (exact) mass is 234 g/mol.